The van der Waals surface area contributed by atoms with Crippen LogP contribution in [0.1, 0.15) is 12.8 Å². The smallest absolute Gasteiger partial charge is 0.334 e. The third-order valence-electron chi connectivity index (χ3n) is 2.65. The average Bonchev–Trinajstić information content (AvgIpc) is 2.85. The number of hydrogen-bond donors (Lipinski definition) is 1. The monoisotopic (exact) mass is 375 g/mol. The second-order valence-electron chi connectivity index (χ2n) is 3.98. The fraction of sp³-hybridized carbons (Fsp3) is 0.273. The molecular weight excluding hydrogens is 371 g/mol. The predicted octanol–water partition coefficient (Wildman–Crippen LogP) is 4.14. The molecule has 0 unspecified atom stereocenters. The van der Waals surface area contributed by atoms with Crippen molar-refractivity contribution in [2.45, 2.75) is 18.9 Å². The Hall–Kier alpha value is -0.390. The molecule has 1 aromatic rings. The Morgan fingerprint density at radius 1 is 1.00 bits per heavy atom. The van der Waals surface area contributed by atoms with E-state index in [-0.39, 0.29) is 43.2 Å². The van der Waals surface area contributed by atoms with Crippen LogP contribution in [-0.2, 0) is 9.59 Å². The molecule has 1 heterocycles. The number of ether oxygens (including phenoxy) is 1. The van der Waals surface area contributed by atoms with Gasteiger partial charge in [-0.3, -0.25) is 4.79 Å². The van der Waals surface area contributed by atoms with Crippen LogP contribution in [0.25, 0.3) is 0 Å². The first kappa shape index (κ1) is 16.0. The maximum Gasteiger partial charge on any atom is 0.334 e. The van der Waals surface area contributed by atoms with Gasteiger partial charge in [-0.05, 0) is 6.42 Å². The van der Waals surface area contributed by atoms with Crippen LogP contribution in [0.2, 0.25) is 25.1 Å². The molecule has 1 fully saturated rings. The van der Waals surface area contributed by atoms with Gasteiger partial charge in [0.25, 0.3) is 0 Å². The minimum atomic E-state index is -0.747. The molecule has 0 spiro atoms. The van der Waals surface area contributed by atoms with E-state index in [0.717, 1.165) is 0 Å². The number of rotatable bonds is 2. The number of carbonyl (C=O) groups is 2. The van der Waals surface area contributed by atoms with E-state index < -0.39 is 12.0 Å². The van der Waals surface area contributed by atoms with E-state index in [2.05, 4.69) is 5.32 Å². The van der Waals surface area contributed by atoms with Crippen LogP contribution in [0.5, 0.6) is 5.75 Å². The SMILES string of the molecule is O=C1CC[C@H](C(=O)Oc2c(Cl)c(Cl)c(Cl)c(Cl)c2Cl)N1. The molecule has 20 heavy (non-hydrogen) atoms. The van der Waals surface area contributed by atoms with Crippen molar-refractivity contribution in [1.29, 1.82) is 0 Å². The summed E-state index contributed by atoms with van der Waals surface area (Å²) in [5, 5.41) is 2.05. The molecule has 2 rings (SSSR count). The third-order valence-corrected chi connectivity index (χ3v) is 4.89. The van der Waals surface area contributed by atoms with Gasteiger partial charge < -0.3 is 10.1 Å². The summed E-state index contributed by atoms with van der Waals surface area (Å²) in [4.78, 5) is 23.0. The fourth-order valence-electron chi connectivity index (χ4n) is 1.64. The van der Waals surface area contributed by atoms with Gasteiger partial charge in [-0.1, -0.05) is 58.0 Å². The summed E-state index contributed by atoms with van der Waals surface area (Å²) in [6, 6.07) is -0.747. The molecule has 9 heteroatoms. The van der Waals surface area contributed by atoms with Crippen LogP contribution in [0.3, 0.4) is 0 Å². The van der Waals surface area contributed by atoms with Gasteiger partial charge in [0.15, 0.2) is 5.75 Å². The van der Waals surface area contributed by atoms with E-state index in [1.807, 2.05) is 0 Å². The Bertz CT molecular complexity index is 575. The summed E-state index contributed by atoms with van der Waals surface area (Å²) in [5.41, 5.74) is 0. The minimum absolute atomic E-state index is 0.0303. The van der Waals surface area contributed by atoms with Crippen LogP contribution in [0.15, 0.2) is 0 Å². The van der Waals surface area contributed by atoms with Crippen molar-refractivity contribution in [3.63, 3.8) is 0 Å². The number of amides is 1. The lowest BCUT2D eigenvalue weighted by Crippen LogP contribution is -2.36. The molecule has 1 N–H and O–H groups in total. The highest BCUT2D eigenvalue weighted by Gasteiger charge is 2.31. The number of halogens is 5. The number of hydrogen-bond acceptors (Lipinski definition) is 3. The second-order valence-corrected chi connectivity index (χ2v) is 5.87. The first-order chi connectivity index (χ1) is 9.32. The van der Waals surface area contributed by atoms with Crippen molar-refractivity contribution < 1.29 is 14.3 Å². The highest BCUT2D eigenvalue weighted by molar-refractivity contribution is 6.55. The molecule has 0 aromatic heterocycles. The molecule has 1 saturated heterocycles. The average molecular weight is 377 g/mol. The van der Waals surface area contributed by atoms with Crippen molar-refractivity contribution in [3.8, 4) is 5.75 Å². The van der Waals surface area contributed by atoms with Gasteiger partial charge in [0.05, 0.1) is 15.1 Å². The Labute approximate surface area is 139 Å². The molecule has 1 aliphatic rings. The molecule has 4 nitrogen and oxygen atoms in total. The van der Waals surface area contributed by atoms with E-state index in [0.29, 0.717) is 6.42 Å². The Balaban J connectivity index is 2.30. The zero-order valence-electron chi connectivity index (χ0n) is 9.61. The largest absolute Gasteiger partial charge is 0.422 e. The molecule has 0 radical (unpaired) electrons. The van der Waals surface area contributed by atoms with Crippen molar-refractivity contribution >= 4 is 69.9 Å². The number of nitrogens with one attached hydrogen (secondary N) is 1. The molecule has 108 valence electrons. The molecule has 0 bridgehead atoms. The maximum absolute atomic E-state index is 11.9. The third kappa shape index (κ3) is 2.95. The van der Waals surface area contributed by atoms with Crippen LogP contribution >= 0.6 is 58.0 Å². The van der Waals surface area contributed by atoms with Gasteiger partial charge in [-0.2, -0.15) is 0 Å². The molecule has 1 atom stereocenters. The lowest BCUT2D eigenvalue weighted by atomic mass is 10.2. The van der Waals surface area contributed by atoms with Crippen molar-refractivity contribution in [3.05, 3.63) is 25.1 Å². The molecule has 0 aliphatic carbocycles. The highest BCUT2D eigenvalue weighted by Crippen LogP contribution is 2.48. The molecule has 1 aliphatic heterocycles. The van der Waals surface area contributed by atoms with Crippen LogP contribution in [-0.4, -0.2) is 17.9 Å². The van der Waals surface area contributed by atoms with Gasteiger partial charge in [-0.15, -0.1) is 0 Å². The van der Waals surface area contributed by atoms with E-state index in [4.69, 9.17) is 62.7 Å². The molecule has 1 aromatic carbocycles. The first-order valence-electron chi connectivity index (χ1n) is 5.35. The molecular formula is C11H6Cl5NO3. The van der Waals surface area contributed by atoms with Crippen LogP contribution < -0.4 is 10.1 Å². The zero-order valence-corrected chi connectivity index (χ0v) is 13.4. The van der Waals surface area contributed by atoms with Gasteiger partial charge >= 0.3 is 5.97 Å². The topological polar surface area (TPSA) is 55.4 Å². The Morgan fingerprint density at radius 2 is 1.50 bits per heavy atom. The van der Waals surface area contributed by atoms with Crippen molar-refractivity contribution in [2.75, 3.05) is 0 Å². The second kappa shape index (κ2) is 6.16. The lowest BCUT2D eigenvalue weighted by molar-refractivity contribution is -0.137. The summed E-state index contributed by atoms with van der Waals surface area (Å²) in [5.74, 6) is -1.11. The van der Waals surface area contributed by atoms with E-state index in [1.165, 1.54) is 0 Å². The summed E-state index contributed by atoms with van der Waals surface area (Å²) >= 11 is 29.4. The van der Waals surface area contributed by atoms with E-state index >= 15 is 0 Å². The van der Waals surface area contributed by atoms with Crippen LogP contribution in [0, 0.1) is 0 Å². The number of benzene rings is 1. The van der Waals surface area contributed by atoms with Gasteiger partial charge in [0.2, 0.25) is 5.91 Å². The maximum atomic E-state index is 11.9. The molecule has 0 saturated carbocycles. The Morgan fingerprint density at radius 3 is 1.95 bits per heavy atom. The van der Waals surface area contributed by atoms with E-state index in [9.17, 15) is 9.59 Å². The first-order valence-corrected chi connectivity index (χ1v) is 7.24. The van der Waals surface area contributed by atoms with Gasteiger partial charge in [-0.25, -0.2) is 4.79 Å². The number of esters is 1. The zero-order chi connectivity index (χ0) is 15.0. The van der Waals surface area contributed by atoms with Gasteiger partial charge in [0.1, 0.15) is 16.1 Å². The van der Waals surface area contributed by atoms with E-state index in [1.54, 1.807) is 0 Å². The summed E-state index contributed by atoms with van der Waals surface area (Å²) in [6.45, 7) is 0. The fourth-order valence-corrected chi connectivity index (χ4v) is 2.84. The van der Waals surface area contributed by atoms with Crippen molar-refractivity contribution in [1.82, 2.24) is 5.32 Å². The highest BCUT2D eigenvalue weighted by atomic mass is 35.5. The quantitative estimate of drug-likeness (QED) is 0.365. The Kier molecular flexibility index (Phi) is 4.92. The van der Waals surface area contributed by atoms with Crippen LogP contribution in [0.4, 0.5) is 0 Å². The molecule has 1 amide bonds. The summed E-state index contributed by atoms with van der Waals surface area (Å²) in [6.07, 6.45) is 0.589. The predicted molar refractivity (Wildman–Crippen MR) is 78.3 cm³/mol. The van der Waals surface area contributed by atoms with Gasteiger partial charge in [0, 0.05) is 6.42 Å². The van der Waals surface area contributed by atoms with Crippen molar-refractivity contribution in [2.24, 2.45) is 0 Å². The standard InChI is InChI=1S/C11H6Cl5NO3/c12-5-6(13)8(15)10(9(16)7(5)14)20-11(19)3-1-2-4(18)17-3/h3H,1-2H2,(H,17,18)/t3-/m1/s1. The lowest BCUT2D eigenvalue weighted by Gasteiger charge is -2.14. The summed E-state index contributed by atoms with van der Waals surface area (Å²) < 4.78 is 5.08. The minimum Gasteiger partial charge on any atom is -0.422 e. The number of carbonyl (C=O) groups excluding carboxylic acids is 2. The normalized spacial score (nSPS) is 18.1. The summed E-state index contributed by atoms with van der Waals surface area (Å²) in [7, 11) is 0.